The van der Waals surface area contributed by atoms with Gasteiger partial charge in [-0.1, -0.05) is 50.8 Å². The summed E-state index contributed by atoms with van der Waals surface area (Å²) in [6, 6.07) is 7.27. The maximum Gasteiger partial charge on any atom is 0.381 e. The number of aromatic nitrogens is 2. The van der Waals surface area contributed by atoms with E-state index in [-0.39, 0.29) is 24.7 Å². The highest BCUT2D eigenvalue weighted by Gasteiger charge is 2.43. The van der Waals surface area contributed by atoms with Gasteiger partial charge in [-0.15, -0.1) is 0 Å². The summed E-state index contributed by atoms with van der Waals surface area (Å²) >= 11 is 0. The Balaban J connectivity index is 1.79. The lowest BCUT2D eigenvalue weighted by Gasteiger charge is -2.27. The van der Waals surface area contributed by atoms with E-state index in [9.17, 15) is 24.8 Å². The van der Waals surface area contributed by atoms with Gasteiger partial charge in [0.25, 0.3) is 0 Å². The molecule has 1 aromatic carbocycles. The van der Waals surface area contributed by atoms with Crippen LogP contribution in [0.1, 0.15) is 51.5 Å². The van der Waals surface area contributed by atoms with Gasteiger partial charge in [0.15, 0.2) is 0 Å². The van der Waals surface area contributed by atoms with Crippen LogP contribution in [0.2, 0.25) is 0 Å². The molecule has 0 radical (unpaired) electrons. The number of para-hydroxylation sites is 1. The number of hydrogen-bond donors (Lipinski definition) is 1. The van der Waals surface area contributed by atoms with Crippen molar-refractivity contribution >= 4 is 17.7 Å². The van der Waals surface area contributed by atoms with E-state index in [1.165, 1.54) is 22.0 Å². The molecule has 1 fully saturated rings. The van der Waals surface area contributed by atoms with Crippen molar-refractivity contribution in [3.8, 4) is 5.75 Å². The SMILES string of the molecule is CCCCCCC(C(=O)N1C[C@@H](Oc2ccccc2)C[C@H]1C(=O)O)n1cnc([N+](=O)[O-])c1. The fourth-order valence-corrected chi connectivity index (χ4v) is 4.00. The van der Waals surface area contributed by atoms with E-state index in [4.69, 9.17) is 4.74 Å². The third-order valence-corrected chi connectivity index (χ3v) is 5.63. The summed E-state index contributed by atoms with van der Waals surface area (Å²) in [6.07, 6.45) is 6.35. The molecule has 1 amide bonds. The number of carbonyl (C=O) groups is 2. The summed E-state index contributed by atoms with van der Waals surface area (Å²) in [7, 11) is 0. The third kappa shape index (κ3) is 5.63. The fraction of sp³-hybridized carbons (Fsp3) is 0.500. The largest absolute Gasteiger partial charge is 0.488 e. The van der Waals surface area contributed by atoms with Gasteiger partial charge >= 0.3 is 11.8 Å². The van der Waals surface area contributed by atoms with Crippen molar-refractivity contribution in [3.05, 3.63) is 53.0 Å². The van der Waals surface area contributed by atoms with Crippen LogP contribution in [-0.2, 0) is 9.59 Å². The van der Waals surface area contributed by atoms with Crippen LogP contribution in [0, 0.1) is 10.1 Å². The Morgan fingerprint density at radius 1 is 1.28 bits per heavy atom. The van der Waals surface area contributed by atoms with Gasteiger partial charge in [-0.25, -0.2) is 4.79 Å². The predicted molar refractivity (Wildman–Crippen MR) is 115 cm³/mol. The maximum absolute atomic E-state index is 13.5. The lowest BCUT2D eigenvalue weighted by molar-refractivity contribution is -0.389. The van der Waals surface area contributed by atoms with Crippen molar-refractivity contribution in [1.82, 2.24) is 14.5 Å². The topological polar surface area (TPSA) is 128 Å². The number of imidazole rings is 1. The molecule has 1 unspecified atom stereocenters. The van der Waals surface area contributed by atoms with Gasteiger partial charge in [0.2, 0.25) is 12.2 Å². The Kier molecular flexibility index (Phi) is 7.80. The highest BCUT2D eigenvalue weighted by atomic mass is 16.6. The second-order valence-electron chi connectivity index (χ2n) is 7.93. The number of carboxylic acids is 1. The van der Waals surface area contributed by atoms with E-state index >= 15 is 0 Å². The van der Waals surface area contributed by atoms with Gasteiger partial charge < -0.3 is 24.9 Å². The number of nitro groups is 1. The van der Waals surface area contributed by atoms with Gasteiger partial charge in [-0.2, -0.15) is 0 Å². The van der Waals surface area contributed by atoms with Gasteiger partial charge in [0.1, 0.15) is 30.1 Å². The van der Waals surface area contributed by atoms with E-state index in [2.05, 4.69) is 11.9 Å². The Hall–Kier alpha value is -3.43. The van der Waals surface area contributed by atoms with Crippen molar-refractivity contribution < 1.29 is 24.4 Å². The van der Waals surface area contributed by atoms with Crippen molar-refractivity contribution in [2.45, 2.75) is 63.6 Å². The molecule has 10 nitrogen and oxygen atoms in total. The van der Waals surface area contributed by atoms with E-state index in [0.717, 1.165) is 25.7 Å². The van der Waals surface area contributed by atoms with Crippen molar-refractivity contribution in [3.63, 3.8) is 0 Å². The molecule has 2 aromatic rings. The molecule has 2 heterocycles. The second-order valence-corrected chi connectivity index (χ2v) is 7.93. The van der Waals surface area contributed by atoms with Crippen LogP contribution in [-0.4, -0.2) is 55.0 Å². The first-order chi connectivity index (χ1) is 15.4. The average molecular weight is 444 g/mol. The molecule has 32 heavy (non-hydrogen) atoms. The van der Waals surface area contributed by atoms with Crippen LogP contribution in [0.4, 0.5) is 5.82 Å². The number of amides is 1. The van der Waals surface area contributed by atoms with Crippen LogP contribution in [0.3, 0.4) is 0 Å². The minimum absolute atomic E-state index is 0.132. The molecule has 0 aliphatic carbocycles. The molecule has 0 bridgehead atoms. The fourth-order valence-electron chi connectivity index (χ4n) is 4.00. The molecular formula is C22H28N4O6. The van der Waals surface area contributed by atoms with E-state index in [0.29, 0.717) is 12.2 Å². The number of nitrogens with zero attached hydrogens (tertiary/aromatic N) is 4. The Bertz CT molecular complexity index is 932. The summed E-state index contributed by atoms with van der Waals surface area (Å²) < 4.78 is 7.33. The molecule has 10 heteroatoms. The number of carboxylic acid groups (broad SMARTS) is 1. The van der Waals surface area contributed by atoms with Crippen LogP contribution in [0.5, 0.6) is 5.75 Å². The monoisotopic (exact) mass is 444 g/mol. The van der Waals surface area contributed by atoms with Crippen LogP contribution in [0.25, 0.3) is 0 Å². The smallest absolute Gasteiger partial charge is 0.381 e. The first-order valence-corrected chi connectivity index (χ1v) is 10.8. The third-order valence-electron chi connectivity index (χ3n) is 5.63. The van der Waals surface area contributed by atoms with Crippen LogP contribution >= 0.6 is 0 Å². The zero-order chi connectivity index (χ0) is 23.1. The molecule has 172 valence electrons. The van der Waals surface area contributed by atoms with Gasteiger partial charge in [0, 0.05) is 6.42 Å². The number of hydrogen-bond acceptors (Lipinski definition) is 6. The molecule has 3 atom stereocenters. The standard InChI is InChI=1S/C22H28N4O6/c1-2-3-4-8-11-18(24-14-20(23-15-24)26(30)31)21(27)25-13-17(12-19(25)22(28)29)32-16-9-6-5-7-10-16/h5-7,9-10,14-15,17-19H,2-4,8,11-13H2,1H3,(H,28,29)/t17-,18?,19-/m0/s1. The summed E-state index contributed by atoms with van der Waals surface area (Å²) in [4.78, 5) is 40.9. The molecule has 1 aromatic heterocycles. The van der Waals surface area contributed by atoms with Crippen LogP contribution in [0.15, 0.2) is 42.9 Å². The number of likely N-dealkylation sites (tertiary alicyclic amines) is 1. The number of aliphatic carboxylic acids is 1. The summed E-state index contributed by atoms with van der Waals surface area (Å²) in [5.74, 6) is -1.23. The first-order valence-electron chi connectivity index (χ1n) is 10.8. The minimum atomic E-state index is -1.10. The van der Waals surface area contributed by atoms with E-state index in [1.54, 1.807) is 12.1 Å². The highest BCUT2D eigenvalue weighted by Crippen LogP contribution is 2.29. The molecule has 3 rings (SSSR count). The van der Waals surface area contributed by atoms with E-state index in [1.807, 2.05) is 18.2 Å². The van der Waals surface area contributed by atoms with E-state index < -0.39 is 29.1 Å². The quantitative estimate of drug-likeness (QED) is 0.319. The van der Waals surface area contributed by atoms with Gasteiger partial charge in [-0.3, -0.25) is 9.36 Å². The lowest BCUT2D eigenvalue weighted by Crippen LogP contribution is -2.44. The molecular weight excluding hydrogens is 416 g/mol. The number of ether oxygens (including phenoxy) is 1. The maximum atomic E-state index is 13.5. The van der Waals surface area contributed by atoms with Crippen molar-refractivity contribution in [1.29, 1.82) is 0 Å². The average Bonchev–Trinajstić information content (AvgIpc) is 3.42. The number of rotatable bonds is 11. The van der Waals surface area contributed by atoms with Gasteiger partial charge in [0.05, 0.1) is 6.54 Å². The summed E-state index contributed by atoms with van der Waals surface area (Å²) in [5.41, 5.74) is 0. The summed E-state index contributed by atoms with van der Waals surface area (Å²) in [5, 5.41) is 20.8. The zero-order valence-electron chi connectivity index (χ0n) is 18.0. The van der Waals surface area contributed by atoms with Crippen molar-refractivity contribution in [2.24, 2.45) is 0 Å². The molecule has 1 aliphatic heterocycles. The molecule has 0 spiro atoms. The Morgan fingerprint density at radius 2 is 2.03 bits per heavy atom. The zero-order valence-corrected chi connectivity index (χ0v) is 18.0. The number of unbranched alkanes of at least 4 members (excludes halogenated alkanes) is 3. The van der Waals surface area contributed by atoms with Crippen LogP contribution < -0.4 is 4.74 Å². The minimum Gasteiger partial charge on any atom is -0.488 e. The Morgan fingerprint density at radius 3 is 2.66 bits per heavy atom. The molecule has 1 aliphatic rings. The van der Waals surface area contributed by atoms with Crippen molar-refractivity contribution in [2.75, 3.05) is 6.54 Å². The normalized spacial score (nSPS) is 19.0. The predicted octanol–water partition coefficient (Wildman–Crippen LogP) is 3.44. The summed E-state index contributed by atoms with van der Waals surface area (Å²) in [6.45, 7) is 2.21. The second kappa shape index (κ2) is 10.7. The number of carbonyl (C=O) groups excluding carboxylic acids is 1. The first kappa shape index (κ1) is 23.2. The number of benzene rings is 1. The highest BCUT2D eigenvalue weighted by molar-refractivity contribution is 5.87. The molecule has 1 N–H and O–H groups in total. The lowest BCUT2D eigenvalue weighted by atomic mass is 10.1. The van der Waals surface area contributed by atoms with Gasteiger partial charge in [-0.05, 0) is 28.5 Å². The molecule has 1 saturated heterocycles. The Labute approximate surface area is 186 Å². The molecule has 0 saturated carbocycles.